The number of aromatic nitrogens is 5. The summed E-state index contributed by atoms with van der Waals surface area (Å²) >= 11 is 0. The molecule has 3 aromatic rings. The Labute approximate surface area is 119 Å². The minimum atomic E-state index is -0.294. The van der Waals surface area contributed by atoms with Crippen LogP contribution in [0.15, 0.2) is 35.0 Å². The monoisotopic (exact) mass is 288 g/mol. The van der Waals surface area contributed by atoms with E-state index in [1.54, 1.807) is 29.1 Å². The van der Waals surface area contributed by atoms with Crippen molar-refractivity contribution >= 4 is 0 Å². The Morgan fingerprint density at radius 1 is 1.29 bits per heavy atom. The first-order valence-corrected chi connectivity index (χ1v) is 6.43. The molecule has 2 aromatic heterocycles. The average molecular weight is 288 g/mol. The molecule has 0 aliphatic rings. The number of halogens is 1. The third-order valence-corrected chi connectivity index (χ3v) is 2.89. The predicted molar refractivity (Wildman–Crippen MR) is 71.6 cm³/mol. The van der Waals surface area contributed by atoms with E-state index < -0.39 is 0 Å². The number of rotatable bonds is 5. The highest BCUT2D eigenvalue weighted by Gasteiger charge is 2.14. The minimum Gasteiger partial charge on any atom is -0.332 e. The molecule has 7 nitrogen and oxygen atoms in total. The summed E-state index contributed by atoms with van der Waals surface area (Å²) in [6, 6.07) is 6.48. The zero-order chi connectivity index (χ0) is 14.7. The highest BCUT2D eigenvalue weighted by Crippen LogP contribution is 2.16. The lowest BCUT2D eigenvalue weighted by Crippen LogP contribution is -2.10. The van der Waals surface area contributed by atoms with Gasteiger partial charge in [0, 0.05) is 13.0 Å². The maximum Gasteiger partial charge on any atom is 0.280 e. The maximum absolute atomic E-state index is 13.6. The second-order valence-corrected chi connectivity index (χ2v) is 4.44. The van der Waals surface area contributed by atoms with Gasteiger partial charge in [-0.15, -0.1) is 5.10 Å². The van der Waals surface area contributed by atoms with E-state index in [1.807, 2.05) is 0 Å². The van der Waals surface area contributed by atoms with E-state index in [0.717, 1.165) is 0 Å². The lowest BCUT2D eigenvalue weighted by Gasteiger charge is -1.97. The standard InChI is InChI=1S/C13H13FN6O/c14-10-4-2-1-3-9(10)7-12-16-13(21-18-12)11-8-20(6-5-15)19-17-11/h1-4,8H,5-7,15H2. The van der Waals surface area contributed by atoms with Gasteiger partial charge in [-0.25, -0.2) is 4.39 Å². The summed E-state index contributed by atoms with van der Waals surface area (Å²) in [4.78, 5) is 4.20. The van der Waals surface area contributed by atoms with Crippen molar-refractivity contribution in [2.45, 2.75) is 13.0 Å². The molecule has 2 heterocycles. The molecule has 21 heavy (non-hydrogen) atoms. The summed E-state index contributed by atoms with van der Waals surface area (Å²) < 4.78 is 20.3. The molecule has 0 bridgehead atoms. The maximum atomic E-state index is 13.6. The summed E-state index contributed by atoms with van der Waals surface area (Å²) in [7, 11) is 0. The second-order valence-electron chi connectivity index (χ2n) is 4.44. The zero-order valence-electron chi connectivity index (χ0n) is 11.1. The SMILES string of the molecule is NCCn1cc(-c2nc(Cc3ccccc3F)no2)nn1. The van der Waals surface area contributed by atoms with E-state index in [0.29, 0.717) is 30.2 Å². The van der Waals surface area contributed by atoms with Gasteiger partial charge in [-0.1, -0.05) is 28.6 Å². The van der Waals surface area contributed by atoms with Crippen molar-refractivity contribution in [1.82, 2.24) is 25.1 Å². The Kier molecular flexibility index (Phi) is 3.69. The summed E-state index contributed by atoms with van der Waals surface area (Å²) in [6.07, 6.45) is 1.93. The van der Waals surface area contributed by atoms with E-state index in [9.17, 15) is 4.39 Å². The highest BCUT2D eigenvalue weighted by molar-refractivity contribution is 5.43. The first-order valence-electron chi connectivity index (χ1n) is 6.43. The molecule has 0 unspecified atom stereocenters. The fraction of sp³-hybridized carbons (Fsp3) is 0.231. The van der Waals surface area contributed by atoms with E-state index in [1.165, 1.54) is 6.07 Å². The number of nitrogens with zero attached hydrogens (tertiary/aromatic N) is 5. The normalized spacial score (nSPS) is 11.0. The zero-order valence-corrected chi connectivity index (χ0v) is 11.1. The minimum absolute atomic E-state index is 0.254. The van der Waals surface area contributed by atoms with Crippen molar-refractivity contribution in [3.05, 3.63) is 47.7 Å². The molecule has 0 spiro atoms. The molecule has 0 fully saturated rings. The smallest absolute Gasteiger partial charge is 0.280 e. The van der Waals surface area contributed by atoms with Gasteiger partial charge in [0.05, 0.1) is 12.7 Å². The molecule has 0 saturated carbocycles. The van der Waals surface area contributed by atoms with E-state index >= 15 is 0 Å². The molecule has 1 aromatic carbocycles. The second kappa shape index (κ2) is 5.80. The van der Waals surface area contributed by atoms with Crippen molar-refractivity contribution < 1.29 is 8.91 Å². The number of benzene rings is 1. The van der Waals surface area contributed by atoms with Gasteiger partial charge in [0.2, 0.25) is 0 Å². The predicted octanol–water partition coefficient (Wildman–Crippen LogP) is 1.02. The van der Waals surface area contributed by atoms with Gasteiger partial charge in [0.15, 0.2) is 11.5 Å². The molecular formula is C13H13FN6O. The van der Waals surface area contributed by atoms with E-state index in [4.69, 9.17) is 10.3 Å². The van der Waals surface area contributed by atoms with E-state index in [2.05, 4.69) is 20.5 Å². The largest absolute Gasteiger partial charge is 0.332 e. The van der Waals surface area contributed by atoms with Gasteiger partial charge >= 0.3 is 0 Å². The number of hydrogen-bond acceptors (Lipinski definition) is 6. The molecule has 0 aliphatic carbocycles. The van der Waals surface area contributed by atoms with Gasteiger partial charge in [-0.2, -0.15) is 4.98 Å². The van der Waals surface area contributed by atoms with Crippen LogP contribution in [0, 0.1) is 5.82 Å². The van der Waals surface area contributed by atoms with Crippen LogP contribution in [0.3, 0.4) is 0 Å². The summed E-state index contributed by atoms with van der Waals surface area (Å²) in [5.41, 5.74) is 6.42. The third kappa shape index (κ3) is 2.95. The molecule has 3 rings (SSSR count). The molecule has 0 aliphatic heterocycles. The number of hydrogen-bond donors (Lipinski definition) is 1. The first kappa shape index (κ1) is 13.4. The van der Waals surface area contributed by atoms with Gasteiger partial charge in [0.1, 0.15) is 5.82 Å². The molecule has 0 amide bonds. The Morgan fingerprint density at radius 2 is 2.14 bits per heavy atom. The van der Waals surface area contributed by atoms with Crippen molar-refractivity contribution in [2.24, 2.45) is 5.73 Å². The average Bonchev–Trinajstić information content (AvgIpc) is 3.11. The Bertz CT molecular complexity index is 738. The van der Waals surface area contributed by atoms with Crippen LogP contribution in [0.5, 0.6) is 0 Å². The lowest BCUT2D eigenvalue weighted by molar-refractivity contribution is 0.422. The molecule has 0 atom stereocenters. The van der Waals surface area contributed by atoms with Crippen LogP contribution in [-0.4, -0.2) is 31.7 Å². The Hall–Kier alpha value is -2.61. The topological polar surface area (TPSA) is 95.7 Å². The van der Waals surface area contributed by atoms with Crippen LogP contribution in [0.2, 0.25) is 0 Å². The van der Waals surface area contributed by atoms with Gasteiger partial charge in [0.25, 0.3) is 5.89 Å². The summed E-state index contributed by atoms with van der Waals surface area (Å²) in [6.45, 7) is 1.02. The van der Waals surface area contributed by atoms with Crippen LogP contribution in [0.1, 0.15) is 11.4 Å². The quantitative estimate of drug-likeness (QED) is 0.753. The fourth-order valence-corrected chi connectivity index (χ4v) is 1.88. The van der Waals surface area contributed by atoms with Crippen LogP contribution >= 0.6 is 0 Å². The molecule has 2 N–H and O–H groups in total. The molecule has 0 saturated heterocycles. The Morgan fingerprint density at radius 3 is 2.95 bits per heavy atom. The van der Waals surface area contributed by atoms with E-state index in [-0.39, 0.29) is 18.1 Å². The molecule has 0 radical (unpaired) electrons. The van der Waals surface area contributed by atoms with Crippen molar-refractivity contribution in [3.8, 4) is 11.6 Å². The highest BCUT2D eigenvalue weighted by atomic mass is 19.1. The van der Waals surface area contributed by atoms with Crippen LogP contribution < -0.4 is 5.73 Å². The number of nitrogens with two attached hydrogens (primary N) is 1. The molecule has 108 valence electrons. The van der Waals surface area contributed by atoms with Gasteiger partial charge in [-0.05, 0) is 11.6 Å². The van der Waals surface area contributed by atoms with Crippen LogP contribution in [0.4, 0.5) is 4.39 Å². The summed E-state index contributed by atoms with van der Waals surface area (Å²) in [5, 5.41) is 11.6. The fourth-order valence-electron chi connectivity index (χ4n) is 1.88. The van der Waals surface area contributed by atoms with Crippen molar-refractivity contribution in [3.63, 3.8) is 0 Å². The van der Waals surface area contributed by atoms with Crippen molar-refractivity contribution in [2.75, 3.05) is 6.54 Å². The van der Waals surface area contributed by atoms with Gasteiger partial charge < -0.3 is 10.3 Å². The van der Waals surface area contributed by atoms with Gasteiger partial charge in [-0.3, -0.25) is 4.68 Å². The van der Waals surface area contributed by atoms with Crippen molar-refractivity contribution in [1.29, 1.82) is 0 Å². The first-order chi connectivity index (χ1) is 10.3. The lowest BCUT2D eigenvalue weighted by atomic mass is 10.1. The van der Waals surface area contributed by atoms with Crippen LogP contribution in [-0.2, 0) is 13.0 Å². The summed E-state index contributed by atoms with van der Waals surface area (Å²) in [5.74, 6) is 0.353. The third-order valence-electron chi connectivity index (χ3n) is 2.89. The molecule has 8 heteroatoms. The van der Waals surface area contributed by atoms with Crippen LogP contribution in [0.25, 0.3) is 11.6 Å². The Balaban J connectivity index is 1.78. The molecular weight excluding hydrogens is 275 g/mol.